The molecule has 120 valence electrons. The lowest BCUT2D eigenvalue weighted by molar-refractivity contribution is 0.0702. The van der Waals surface area contributed by atoms with Gasteiger partial charge in [-0.05, 0) is 30.3 Å². The maximum atomic E-state index is 11.6. The molecule has 2 aromatic heterocycles. The number of carboxylic acid groups (broad SMARTS) is 1. The minimum atomic E-state index is -0.974. The summed E-state index contributed by atoms with van der Waals surface area (Å²) in [5.74, 6) is 5.03. The van der Waals surface area contributed by atoms with Crippen molar-refractivity contribution in [2.24, 2.45) is 0 Å². The van der Waals surface area contributed by atoms with Gasteiger partial charge in [-0.2, -0.15) is 0 Å². The average molecular weight is 344 g/mol. The van der Waals surface area contributed by atoms with E-state index in [1.165, 1.54) is 11.3 Å². The molecule has 0 bridgehead atoms. The summed E-state index contributed by atoms with van der Waals surface area (Å²) < 4.78 is 1.89. The Kier molecular flexibility index (Phi) is 3.81. The number of carbonyl (C=O) groups is 1. The molecule has 0 amide bonds. The molecule has 0 aliphatic heterocycles. The Hall–Kier alpha value is -3.36. The number of imidazole rings is 1. The highest BCUT2D eigenvalue weighted by atomic mass is 32.1. The summed E-state index contributed by atoms with van der Waals surface area (Å²) >= 11 is 1.20. The number of para-hydroxylation sites is 2. The largest absolute Gasteiger partial charge is 0.477 e. The van der Waals surface area contributed by atoms with Crippen LogP contribution in [0, 0.1) is 11.8 Å². The Morgan fingerprint density at radius 1 is 1.04 bits per heavy atom. The molecule has 0 fully saturated rings. The van der Waals surface area contributed by atoms with Crippen LogP contribution in [0.5, 0.6) is 0 Å². The van der Waals surface area contributed by atoms with Crippen LogP contribution in [0.4, 0.5) is 0 Å². The maximum Gasteiger partial charge on any atom is 0.347 e. The number of hydrogen-bond donors (Lipinski definition) is 1. The van der Waals surface area contributed by atoms with E-state index in [2.05, 4.69) is 16.8 Å². The molecule has 2 aromatic carbocycles. The maximum absolute atomic E-state index is 11.6. The van der Waals surface area contributed by atoms with Gasteiger partial charge >= 0.3 is 5.97 Å². The van der Waals surface area contributed by atoms with Crippen molar-refractivity contribution in [3.05, 3.63) is 83.0 Å². The molecule has 0 unspecified atom stereocenters. The van der Waals surface area contributed by atoms with E-state index in [0.29, 0.717) is 5.56 Å². The van der Waals surface area contributed by atoms with Gasteiger partial charge in [0, 0.05) is 5.56 Å². The third-order valence-corrected chi connectivity index (χ3v) is 4.84. The summed E-state index contributed by atoms with van der Waals surface area (Å²) in [6.45, 7) is 0. The van der Waals surface area contributed by atoms with E-state index >= 15 is 0 Å². The van der Waals surface area contributed by atoms with E-state index in [9.17, 15) is 9.90 Å². The van der Waals surface area contributed by atoms with Crippen molar-refractivity contribution >= 4 is 28.3 Å². The smallest absolute Gasteiger partial charge is 0.347 e. The molecule has 5 heteroatoms. The molecule has 4 aromatic rings. The van der Waals surface area contributed by atoms with Gasteiger partial charge < -0.3 is 5.11 Å². The monoisotopic (exact) mass is 344 g/mol. The summed E-state index contributed by atoms with van der Waals surface area (Å²) in [5, 5.41) is 10.3. The van der Waals surface area contributed by atoms with E-state index in [-0.39, 0.29) is 4.88 Å². The van der Waals surface area contributed by atoms with E-state index in [1.807, 2.05) is 59.2 Å². The number of aromatic nitrogens is 2. The Bertz CT molecular complexity index is 1130. The Balaban J connectivity index is 1.81. The van der Waals surface area contributed by atoms with Crippen molar-refractivity contribution in [2.75, 3.05) is 0 Å². The highest BCUT2D eigenvalue weighted by Gasteiger charge is 2.16. The number of hydrogen-bond acceptors (Lipinski definition) is 3. The first-order chi connectivity index (χ1) is 12.2. The lowest BCUT2D eigenvalue weighted by atomic mass is 10.2. The third-order valence-electron chi connectivity index (χ3n) is 3.72. The number of rotatable bonds is 2. The van der Waals surface area contributed by atoms with Gasteiger partial charge in [-0.25, -0.2) is 9.78 Å². The molecule has 0 saturated carbocycles. The van der Waals surface area contributed by atoms with Crippen LogP contribution in [-0.4, -0.2) is 20.6 Å². The lowest BCUT2D eigenvalue weighted by Crippen LogP contribution is -1.94. The van der Waals surface area contributed by atoms with Gasteiger partial charge in [0.05, 0.1) is 16.6 Å². The summed E-state index contributed by atoms with van der Waals surface area (Å²) in [6, 6.07) is 19.0. The Labute approximate surface area is 148 Å². The molecule has 0 aliphatic carbocycles. The zero-order chi connectivity index (χ0) is 17.2. The first kappa shape index (κ1) is 15.2. The van der Waals surface area contributed by atoms with Crippen molar-refractivity contribution in [3.8, 4) is 16.8 Å². The number of thiophene rings is 1. The fraction of sp³-hybridized carbons (Fsp3) is 0. The van der Waals surface area contributed by atoms with E-state index in [4.69, 9.17) is 0 Å². The molecule has 0 atom stereocenters. The predicted octanol–water partition coefficient (Wildman–Crippen LogP) is 4.19. The van der Waals surface area contributed by atoms with Crippen LogP contribution in [0.1, 0.15) is 20.8 Å². The number of aromatic carboxylic acids is 1. The van der Waals surface area contributed by atoms with E-state index in [1.54, 1.807) is 12.4 Å². The minimum Gasteiger partial charge on any atom is -0.477 e. The van der Waals surface area contributed by atoms with Gasteiger partial charge in [0.2, 0.25) is 0 Å². The summed E-state index contributed by atoms with van der Waals surface area (Å²) in [5.41, 5.74) is 3.15. The van der Waals surface area contributed by atoms with Gasteiger partial charge in [0.1, 0.15) is 16.2 Å². The number of nitrogens with zero attached hydrogens (tertiary/aromatic N) is 2. The van der Waals surface area contributed by atoms with Crippen LogP contribution >= 0.6 is 11.3 Å². The molecule has 1 N–H and O–H groups in total. The molecule has 4 nitrogen and oxygen atoms in total. The molecule has 2 heterocycles. The number of fused-ring (bicyclic) bond motifs is 1. The van der Waals surface area contributed by atoms with Crippen LogP contribution < -0.4 is 0 Å². The molecule has 0 aliphatic rings. The van der Waals surface area contributed by atoms with Crippen LogP contribution in [0.15, 0.2) is 67.0 Å². The van der Waals surface area contributed by atoms with E-state index in [0.717, 1.165) is 21.6 Å². The van der Waals surface area contributed by atoms with Crippen molar-refractivity contribution in [3.63, 3.8) is 0 Å². The predicted molar refractivity (Wildman–Crippen MR) is 98.3 cm³/mol. The SMILES string of the molecule is O=C(O)c1sc(-n2cnc3ccccc32)cc1C#Cc1ccccc1. The van der Waals surface area contributed by atoms with Crippen molar-refractivity contribution in [1.82, 2.24) is 9.55 Å². The second-order valence-corrected chi connectivity index (χ2v) is 6.38. The quantitative estimate of drug-likeness (QED) is 0.555. The molecule has 25 heavy (non-hydrogen) atoms. The van der Waals surface area contributed by atoms with Crippen LogP contribution in [0.3, 0.4) is 0 Å². The number of carboxylic acids is 1. The highest BCUT2D eigenvalue weighted by Crippen LogP contribution is 2.28. The standard InChI is InChI=1S/C20H12N2O2S/c23-20(24)19-15(11-10-14-6-2-1-3-7-14)12-18(25-19)22-13-21-16-8-4-5-9-17(16)22/h1-9,12-13H,(H,23,24). The van der Waals surface area contributed by atoms with Gasteiger partial charge in [-0.3, -0.25) is 4.57 Å². The zero-order valence-electron chi connectivity index (χ0n) is 13.0. The highest BCUT2D eigenvalue weighted by molar-refractivity contribution is 7.16. The van der Waals surface area contributed by atoms with Gasteiger partial charge in [0.15, 0.2) is 0 Å². The third kappa shape index (κ3) is 2.91. The van der Waals surface area contributed by atoms with Gasteiger partial charge in [-0.1, -0.05) is 42.2 Å². The zero-order valence-corrected chi connectivity index (χ0v) is 13.8. The lowest BCUT2D eigenvalue weighted by Gasteiger charge is -1.98. The van der Waals surface area contributed by atoms with Crippen LogP contribution in [0.25, 0.3) is 16.0 Å². The summed E-state index contributed by atoms with van der Waals surface area (Å²) in [6.07, 6.45) is 1.70. The number of benzene rings is 2. The molecular formula is C20H12N2O2S. The molecule has 4 rings (SSSR count). The average Bonchev–Trinajstić information content (AvgIpc) is 3.25. The second-order valence-electron chi connectivity index (χ2n) is 5.35. The minimum absolute atomic E-state index is 0.233. The summed E-state index contributed by atoms with van der Waals surface area (Å²) in [4.78, 5) is 16.2. The van der Waals surface area contributed by atoms with E-state index < -0.39 is 5.97 Å². The first-order valence-electron chi connectivity index (χ1n) is 7.59. The normalized spacial score (nSPS) is 10.4. The Morgan fingerprint density at radius 3 is 2.60 bits per heavy atom. The molecular weight excluding hydrogens is 332 g/mol. The van der Waals surface area contributed by atoms with Gasteiger partial charge in [0.25, 0.3) is 0 Å². The molecule has 0 saturated heterocycles. The van der Waals surface area contributed by atoms with Crippen LogP contribution in [-0.2, 0) is 0 Å². The molecule has 0 spiro atoms. The molecule has 0 radical (unpaired) electrons. The fourth-order valence-electron chi connectivity index (χ4n) is 2.54. The van der Waals surface area contributed by atoms with Crippen LogP contribution in [0.2, 0.25) is 0 Å². The Morgan fingerprint density at radius 2 is 1.80 bits per heavy atom. The summed E-state index contributed by atoms with van der Waals surface area (Å²) in [7, 11) is 0. The van der Waals surface area contributed by atoms with Crippen molar-refractivity contribution in [2.45, 2.75) is 0 Å². The first-order valence-corrected chi connectivity index (χ1v) is 8.41. The fourth-order valence-corrected chi connectivity index (χ4v) is 3.48. The topological polar surface area (TPSA) is 55.1 Å². The van der Waals surface area contributed by atoms with Crippen molar-refractivity contribution < 1.29 is 9.90 Å². The van der Waals surface area contributed by atoms with Gasteiger partial charge in [-0.15, -0.1) is 11.3 Å². The second kappa shape index (κ2) is 6.27. The van der Waals surface area contributed by atoms with Crippen molar-refractivity contribution in [1.29, 1.82) is 0 Å².